The molecule has 0 aliphatic rings. The normalized spacial score (nSPS) is 11.2. The van der Waals surface area contributed by atoms with Crippen LogP contribution in [0.3, 0.4) is 0 Å². The second kappa shape index (κ2) is 6.06. The molecule has 3 N–H and O–H groups in total. The van der Waals surface area contributed by atoms with E-state index in [1.807, 2.05) is 0 Å². The predicted molar refractivity (Wildman–Crippen MR) is 80.5 cm³/mol. The summed E-state index contributed by atoms with van der Waals surface area (Å²) in [5.74, 6) is -0.511. The number of carbonyl (C=O) groups is 1. The summed E-state index contributed by atoms with van der Waals surface area (Å²) in [6.07, 6.45) is 2.47. The fourth-order valence-electron chi connectivity index (χ4n) is 1.39. The van der Waals surface area contributed by atoms with E-state index in [2.05, 4.69) is 31.2 Å². The number of aromatic nitrogens is 2. The predicted octanol–water partition coefficient (Wildman–Crippen LogP) is 1.79. The number of rotatable bonds is 3. The van der Waals surface area contributed by atoms with Gasteiger partial charge in [0.15, 0.2) is 0 Å². The van der Waals surface area contributed by atoms with Crippen LogP contribution in [0.15, 0.2) is 40.0 Å². The molecule has 0 spiro atoms. The number of primary sulfonamides is 1. The average Bonchev–Trinajstić information content (AvgIpc) is 2.40. The summed E-state index contributed by atoms with van der Waals surface area (Å²) in [6, 6.07) is 3.98. The van der Waals surface area contributed by atoms with Crippen LogP contribution >= 0.6 is 27.5 Å². The zero-order chi connectivity index (χ0) is 15.6. The highest BCUT2D eigenvalue weighted by atomic mass is 79.9. The number of amides is 1. The molecule has 0 aliphatic heterocycles. The number of halogens is 2. The Kier molecular flexibility index (Phi) is 4.57. The number of sulfonamides is 1. The molecule has 0 unspecified atom stereocenters. The summed E-state index contributed by atoms with van der Waals surface area (Å²) in [6.45, 7) is 0. The summed E-state index contributed by atoms with van der Waals surface area (Å²) >= 11 is 8.74. The number of carbonyl (C=O) groups excluding carboxylic acids is 1. The zero-order valence-corrected chi connectivity index (χ0v) is 13.4. The molecule has 1 heterocycles. The van der Waals surface area contributed by atoms with Gasteiger partial charge in [0.25, 0.3) is 5.91 Å². The zero-order valence-electron chi connectivity index (χ0n) is 10.2. The molecule has 0 saturated heterocycles. The van der Waals surface area contributed by atoms with Crippen LogP contribution in [0.2, 0.25) is 5.15 Å². The van der Waals surface area contributed by atoms with Gasteiger partial charge < -0.3 is 5.32 Å². The van der Waals surface area contributed by atoms with E-state index in [0.29, 0.717) is 10.2 Å². The van der Waals surface area contributed by atoms with E-state index in [0.717, 1.165) is 0 Å². The van der Waals surface area contributed by atoms with Crippen molar-refractivity contribution in [2.75, 3.05) is 5.32 Å². The largest absolute Gasteiger partial charge is 0.320 e. The lowest BCUT2D eigenvalue weighted by Crippen LogP contribution is -2.15. The Morgan fingerprint density at radius 3 is 2.52 bits per heavy atom. The smallest absolute Gasteiger partial charge is 0.275 e. The summed E-state index contributed by atoms with van der Waals surface area (Å²) in [5, 5.41) is 7.74. The second-order valence-electron chi connectivity index (χ2n) is 3.87. The van der Waals surface area contributed by atoms with Crippen molar-refractivity contribution in [2.24, 2.45) is 5.14 Å². The molecule has 0 bridgehead atoms. The highest BCUT2D eigenvalue weighted by molar-refractivity contribution is 9.10. The monoisotopic (exact) mass is 390 g/mol. The van der Waals surface area contributed by atoms with Crippen molar-refractivity contribution in [3.63, 3.8) is 0 Å². The fourth-order valence-corrected chi connectivity index (χ4v) is 2.66. The highest BCUT2D eigenvalue weighted by Gasteiger charge is 2.13. The Hall–Kier alpha value is -1.55. The van der Waals surface area contributed by atoms with Gasteiger partial charge in [-0.3, -0.25) is 4.79 Å². The molecule has 1 amide bonds. The van der Waals surface area contributed by atoms with Crippen molar-refractivity contribution in [1.29, 1.82) is 0 Å². The van der Waals surface area contributed by atoms with Crippen molar-refractivity contribution in [1.82, 2.24) is 9.97 Å². The van der Waals surface area contributed by atoms with Gasteiger partial charge in [-0.2, -0.15) is 0 Å². The molecule has 0 radical (unpaired) electrons. The molecule has 21 heavy (non-hydrogen) atoms. The average molecular weight is 392 g/mol. The quantitative estimate of drug-likeness (QED) is 0.827. The van der Waals surface area contributed by atoms with Gasteiger partial charge in [0.1, 0.15) is 10.8 Å². The van der Waals surface area contributed by atoms with Gasteiger partial charge in [0.05, 0.1) is 23.0 Å². The lowest BCUT2D eigenvalue weighted by molar-refractivity contribution is 0.102. The third-order valence-corrected chi connectivity index (χ3v) is 4.13. The fraction of sp³-hybridized carbons (Fsp3) is 0. The first-order valence-corrected chi connectivity index (χ1v) is 8.10. The Labute approximate surface area is 133 Å². The lowest BCUT2D eigenvalue weighted by Gasteiger charge is -2.08. The molecule has 2 rings (SSSR count). The molecule has 110 valence electrons. The Morgan fingerprint density at radius 2 is 2.00 bits per heavy atom. The van der Waals surface area contributed by atoms with Gasteiger partial charge >= 0.3 is 0 Å². The lowest BCUT2D eigenvalue weighted by atomic mass is 10.3. The van der Waals surface area contributed by atoms with Gasteiger partial charge in [0, 0.05) is 4.47 Å². The number of nitrogens with two attached hydrogens (primary N) is 1. The third kappa shape index (κ3) is 3.97. The molecule has 0 atom stereocenters. The van der Waals surface area contributed by atoms with E-state index >= 15 is 0 Å². The number of nitrogens with one attached hydrogen (secondary N) is 1. The van der Waals surface area contributed by atoms with Gasteiger partial charge in [-0.05, 0) is 34.1 Å². The minimum atomic E-state index is -3.81. The van der Waals surface area contributed by atoms with Crippen LogP contribution in [0.25, 0.3) is 0 Å². The van der Waals surface area contributed by atoms with E-state index in [1.54, 1.807) is 0 Å². The minimum absolute atomic E-state index is 0.0707. The molecule has 0 fully saturated rings. The van der Waals surface area contributed by atoms with Gasteiger partial charge in [-0.15, -0.1) is 0 Å². The standard InChI is InChI=1S/C11H8BrClN4O3S/c12-7-3-6(21(14,19)20)1-2-8(7)17-11(18)9-4-16-10(13)5-15-9/h1-5H,(H,17,18)(H2,14,19,20). The number of hydrogen-bond acceptors (Lipinski definition) is 5. The van der Waals surface area contributed by atoms with E-state index < -0.39 is 15.9 Å². The first-order chi connectivity index (χ1) is 9.77. The maximum absolute atomic E-state index is 11.9. The van der Waals surface area contributed by atoms with Crippen LogP contribution in [0, 0.1) is 0 Å². The first kappa shape index (κ1) is 15.8. The number of nitrogens with zero attached hydrogens (tertiary/aromatic N) is 2. The SMILES string of the molecule is NS(=O)(=O)c1ccc(NC(=O)c2cnc(Cl)cn2)c(Br)c1. The van der Waals surface area contributed by atoms with Gasteiger partial charge in [-0.25, -0.2) is 23.5 Å². The summed E-state index contributed by atoms with van der Waals surface area (Å²) < 4.78 is 22.8. The number of hydrogen-bond donors (Lipinski definition) is 2. The Balaban J connectivity index is 2.24. The topological polar surface area (TPSA) is 115 Å². The molecular formula is C11H8BrClN4O3S. The second-order valence-corrected chi connectivity index (χ2v) is 6.67. The molecule has 1 aromatic carbocycles. The molecular weight excluding hydrogens is 384 g/mol. The number of benzene rings is 1. The molecule has 7 nitrogen and oxygen atoms in total. The highest BCUT2D eigenvalue weighted by Crippen LogP contribution is 2.25. The van der Waals surface area contributed by atoms with Crippen LogP contribution < -0.4 is 10.5 Å². The molecule has 0 aliphatic carbocycles. The Morgan fingerprint density at radius 1 is 1.29 bits per heavy atom. The van der Waals surface area contributed by atoms with Crippen LogP contribution in [0.5, 0.6) is 0 Å². The summed E-state index contributed by atoms with van der Waals surface area (Å²) in [5.41, 5.74) is 0.436. The third-order valence-electron chi connectivity index (χ3n) is 2.37. The van der Waals surface area contributed by atoms with E-state index in [4.69, 9.17) is 16.7 Å². The van der Waals surface area contributed by atoms with E-state index in [1.165, 1.54) is 30.6 Å². The molecule has 1 aromatic heterocycles. The van der Waals surface area contributed by atoms with Crippen LogP contribution in [0.1, 0.15) is 10.5 Å². The molecule has 2 aromatic rings. The summed E-state index contributed by atoms with van der Waals surface area (Å²) in [7, 11) is -3.81. The summed E-state index contributed by atoms with van der Waals surface area (Å²) in [4.78, 5) is 19.4. The Bertz CT molecular complexity index is 796. The molecule has 0 saturated carbocycles. The van der Waals surface area contributed by atoms with Crippen molar-refractivity contribution in [2.45, 2.75) is 4.90 Å². The van der Waals surface area contributed by atoms with Crippen molar-refractivity contribution in [3.05, 3.63) is 45.9 Å². The minimum Gasteiger partial charge on any atom is -0.320 e. The molecule has 10 heteroatoms. The maximum atomic E-state index is 11.9. The van der Waals surface area contributed by atoms with Crippen LogP contribution in [-0.4, -0.2) is 24.3 Å². The van der Waals surface area contributed by atoms with Gasteiger partial charge in [0.2, 0.25) is 10.0 Å². The maximum Gasteiger partial charge on any atom is 0.275 e. The van der Waals surface area contributed by atoms with Crippen LogP contribution in [-0.2, 0) is 10.0 Å². The van der Waals surface area contributed by atoms with Crippen molar-refractivity contribution in [3.8, 4) is 0 Å². The van der Waals surface area contributed by atoms with E-state index in [-0.39, 0.29) is 15.7 Å². The van der Waals surface area contributed by atoms with E-state index in [9.17, 15) is 13.2 Å². The number of anilines is 1. The first-order valence-electron chi connectivity index (χ1n) is 5.38. The van der Waals surface area contributed by atoms with Crippen molar-refractivity contribution < 1.29 is 13.2 Å². The van der Waals surface area contributed by atoms with Crippen LogP contribution in [0.4, 0.5) is 5.69 Å². The van der Waals surface area contributed by atoms with Gasteiger partial charge in [-0.1, -0.05) is 11.6 Å². The van der Waals surface area contributed by atoms with Crippen molar-refractivity contribution >= 4 is 49.1 Å².